The second-order valence-electron chi connectivity index (χ2n) is 6.82. The van der Waals surface area contributed by atoms with Gasteiger partial charge < -0.3 is 19.5 Å². The lowest BCUT2D eigenvalue weighted by molar-refractivity contribution is 0.174. The Morgan fingerprint density at radius 2 is 1.68 bits per heavy atom. The largest absolute Gasteiger partial charge is 0.489 e. The zero-order valence-corrected chi connectivity index (χ0v) is 16.5. The van der Waals surface area contributed by atoms with Crippen LogP contribution in [0.15, 0.2) is 60.7 Å². The Labute approximate surface area is 170 Å². The quantitative estimate of drug-likeness (QED) is 0.593. The van der Waals surface area contributed by atoms with Crippen LogP contribution in [-0.2, 0) is 19.7 Å². The maximum atomic E-state index is 6.20. The fourth-order valence-corrected chi connectivity index (χ4v) is 3.26. The monoisotopic (exact) mass is 395 g/mol. The minimum absolute atomic E-state index is 0.288. The van der Waals surface area contributed by atoms with Gasteiger partial charge in [-0.2, -0.15) is 0 Å². The van der Waals surface area contributed by atoms with Gasteiger partial charge in [-0.15, -0.1) is 0 Å². The molecule has 4 nitrogen and oxygen atoms in total. The Balaban J connectivity index is 1.38. The van der Waals surface area contributed by atoms with Crippen molar-refractivity contribution in [2.75, 3.05) is 6.79 Å². The summed E-state index contributed by atoms with van der Waals surface area (Å²) in [5.41, 5.74) is 4.54. The molecule has 3 aromatic carbocycles. The number of aryl methyl sites for hydroxylation is 1. The van der Waals surface area contributed by atoms with Crippen LogP contribution < -0.4 is 19.5 Å². The third kappa shape index (κ3) is 4.58. The van der Waals surface area contributed by atoms with Crippen molar-refractivity contribution in [2.45, 2.75) is 26.6 Å². The van der Waals surface area contributed by atoms with E-state index in [4.69, 9.17) is 25.8 Å². The van der Waals surface area contributed by atoms with Gasteiger partial charge in [0, 0.05) is 23.7 Å². The number of hydrogen-bond donors (Lipinski definition) is 1. The molecule has 1 aliphatic heterocycles. The van der Waals surface area contributed by atoms with Gasteiger partial charge in [0.1, 0.15) is 12.4 Å². The van der Waals surface area contributed by atoms with Crippen LogP contribution in [0.4, 0.5) is 0 Å². The highest BCUT2D eigenvalue weighted by molar-refractivity contribution is 6.30. The molecular weight excluding hydrogens is 374 g/mol. The van der Waals surface area contributed by atoms with E-state index in [1.807, 2.05) is 36.4 Å². The molecule has 3 aromatic rings. The summed E-state index contributed by atoms with van der Waals surface area (Å²) in [7, 11) is 0. The SMILES string of the molecule is Cc1ccc(COc2ccc(Cl)cc2CNCc2ccc3c(c2)OCO3)cc1. The molecule has 5 heteroatoms. The Morgan fingerprint density at radius 3 is 2.54 bits per heavy atom. The molecule has 0 saturated heterocycles. The number of hydrogen-bond acceptors (Lipinski definition) is 4. The van der Waals surface area contributed by atoms with Gasteiger partial charge in [0.25, 0.3) is 0 Å². The number of halogens is 1. The van der Waals surface area contributed by atoms with Crippen LogP contribution in [0.25, 0.3) is 0 Å². The van der Waals surface area contributed by atoms with Crippen molar-refractivity contribution >= 4 is 11.6 Å². The van der Waals surface area contributed by atoms with E-state index in [2.05, 4.69) is 36.5 Å². The topological polar surface area (TPSA) is 39.7 Å². The average molecular weight is 396 g/mol. The lowest BCUT2D eigenvalue weighted by Gasteiger charge is -2.13. The first-order valence-electron chi connectivity index (χ1n) is 9.23. The molecule has 4 rings (SSSR count). The molecule has 0 aromatic heterocycles. The fraction of sp³-hybridized carbons (Fsp3) is 0.217. The van der Waals surface area contributed by atoms with Gasteiger partial charge in [0.2, 0.25) is 6.79 Å². The second-order valence-corrected chi connectivity index (χ2v) is 7.25. The van der Waals surface area contributed by atoms with E-state index >= 15 is 0 Å². The number of benzene rings is 3. The van der Waals surface area contributed by atoms with Crippen molar-refractivity contribution in [1.29, 1.82) is 0 Å². The van der Waals surface area contributed by atoms with Crippen LogP contribution in [0.2, 0.25) is 5.02 Å². The first-order chi connectivity index (χ1) is 13.7. The van der Waals surface area contributed by atoms with Crippen LogP contribution in [0.1, 0.15) is 22.3 Å². The fourth-order valence-electron chi connectivity index (χ4n) is 3.06. The summed E-state index contributed by atoms with van der Waals surface area (Å²) < 4.78 is 16.8. The van der Waals surface area contributed by atoms with Crippen molar-refractivity contribution in [2.24, 2.45) is 0 Å². The maximum Gasteiger partial charge on any atom is 0.231 e. The number of rotatable bonds is 7. The summed E-state index contributed by atoms with van der Waals surface area (Å²) >= 11 is 6.20. The van der Waals surface area contributed by atoms with E-state index in [0.29, 0.717) is 24.7 Å². The van der Waals surface area contributed by atoms with Gasteiger partial charge in [-0.05, 0) is 48.4 Å². The Morgan fingerprint density at radius 1 is 0.893 bits per heavy atom. The predicted octanol–water partition coefficient (Wildman–Crippen LogP) is 5.25. The molecule has 28 heavy (non-hydrogen) atoms. The molecule has 0 aliphatic carbocycles. The van der Waals surface area contributed by atoms with E-state index in [1.165, 1.54) is 5.56 Å². The lowest BCUT2D eigenvalue weighted by Crippen LogP contribution is -2.13. The third-order valence-electron chi connectivity index (χ3n) is 4.62. The van der Waals surface area contributed by atoms with Gasteiger partial charge >= 0.3 is 0 Å². The van der Waals surface area contributed by atoms with Crippen molar-refractivity contribution in [3.8, 4) is 17.2 Å². The van der Waals surface area contributed by atoms with Crippen molar-refractivity contribution in [1.82, 2.24) is 5.32 Å². The van der Waals surface area contributed by atoms with Gasteiger partial charge in [0.05, 0.1) is 0 Å². The summed E-state index contributed by atoms with van der Waals surface area (Å²) in [5, 5.41) is 4.14. The van der Waals surface area contributed by atoms with Gasteiger partial charge in [-0.25, -0.2) is 0 Å². The highest BCUT2D eigenvalue weighted by Gasteiger charge is 2.13. The molecule has 0 bridgehead atoms. The standard InChI is InChI=1S/C23H22ClNO3/c1-16-2-4-17(5-3-16)14-26-21-9-7-20(24)11-19(21)13-25-12-18-6-8-22-23(10-18)28-15-27-22/h2-11,25H,12-15H2,1H3. The van der Waals surface area contributed by atoms with Gasteiger partial charge in [0.15, 0.2) is 11.5 Å². The molecule has 0 saturated carbocycles. The average Bonchev–Trinajstić information content (AvgIpc) is 3.16. The van der Waals surface area contributed by atoms with Gasteiger partial charge in [-0.1, -0.05) is 47.5 Å². The third-order valence-corrected chi connectivity index (χ3v) is 4.85. The Hall–Kier alpha value is -2.69. The molecule has 0 radical (unpaired) electrons. The van der Waals surface area contributed by atoms with Gasteiger partial charge in [-0.3, -0.25) is 0 Å². The van der Waals surface area contributed by atoms with E-state index < -0.39 is 0 Å². The van der Waals surface area contributed by atoms with E-state index in [0.717, 1.165) is 33.9 Å². The van der Waals surface area contributed by atoms with E-state index in [1.54, 1.807) is 0 Å². The molecule has 1 heterocycles. The highest BCUT2D eigenvalue weighted by atomic mass is 35.5. The van der Waals surface area contributed by atoms with Crippen LogP contribution in [0, 0.1) is 6.92 Å². The summed E-state index contributed by atoms with van der Waals surface area (Å²) in [6.07, 6.45) is 0. The molecular formula is C23H22ClNO3. The Bertz CT molecular complexity index is 957. The summed E-state index contributed by atoms with van der Waals surface area (Å²) in [5.74, 6) is 2.43. The molecule has 0 atom stereocenters. The van der Waals surface area contributed by atoms with Crippen LogP contribution >= 0.6 is 11.6 Å². The summed E-state index contributed by atoms with van der Waals surface area (Å²) in [6, 6.07) is 20.1. The maximum absolute atomic E-state index is 6.20. The lowest BCUT2D eigenvalue weighted by atomic mass is 10.1. The summed E-state index contributed by atoms with van der Waals surface area (Å²) in [6.45, 7) is 4.25. The first-order valence-corrected chi connectivity index (χ1v) is 9.61. The molecule has 144 valence electrons. The zero-order chi connectivity index (χ0) is 19.3. The molecule has 0 unspecified atom stereocenters. The normalized spacial score (nSPS) is 12.2. The van der Waals surface area contributed by atoms with Crippen LogP contribution in [0.3, 0.4) is 0 Å². The Kier molecular flexibility index (Phi) is 5.70. The van der Waals surface area contributed by atoms with E-state index in [-0.39, 0.29) is 6.79 Å². The minimum Gasteiger partial charge on any atom is -0.489 e. The molecule has 0 amide bonds. The minimum atomic E-state index is 0.288. The van der Waals surface area contributed by atoms with Crippen molar-refractivity contribution in [3.63, 3.8) is 0 Å². The predicted molar refractivity (Wildman–Crippen MR) is 110 cm³/mol. The summed E-state index contributed by atoms with van der Waals surface area (Å²) in [4.78, 5) is 0. The first kappa shape index (κ1) is 18.7. The molecule has 1 aliphatic rings. The number of nitrogens with one attached hydrogen (secondary N) is 1. The molecule has 0 fully saturated rings. The van der Waals surface area contributed by atoms with Crippen molar-refractivity contribution in [3.05, 3.63) is 87.9 Å². The smallest absolute Gasteiger partial charge is 0.231 e. The highest BCUT2D eigenvalue weighted by Crippen LogP contribution is 2.32. The zero-order valence-electron chi connectivity index (χ0n) is 15.7. The number of ether oxygens (including phenoxy) is 3. The number of fused-ring (bicyclic) bond motifs is 1. The van der Waals surface area contributed by atoms with Crippen LogP contribution in [-0.4, -0.2) is 6.79 Å². The van der Waals surface area contributed by atoms with Crippen molar-refractivity contribution < 1.29 is 14.2 Å². The second kappa shape index (κ2) is 8.55. The van der Waals surface area contributed by atoms with Crippen LogP contribution in [0.5, 0.6) is 17.2 Å². The van der Waals surface area contributed by atoms with E-state index in [9.17, 15) is 0 Å². The molecule has 1 N–H and O–H groups in total. The molecule has 0 spiro atoms.